The molecule has 0 spiro atoms. The number of para-hydroxylation sites is 2. The molecule has 0 N–H and O–H groups in total. The van der Waals surface area contributed by atoms with Crippen molar-refractivity contribution in [2.75, 3.05) is 0 Å². The Morgan fingerprint density at radius 1 is 0.438 bits per heavy atom. The summed E-state index contributed by atoms with van der Waals surface area (Å²) in [7, 11) is -6.60. The number of fused-ring (bicyclic) bond motifs is 6. The summed E-state index contributed by atoms with van der Waals surface area (Å²) in [6, 6.07) is 47.5. The number of hydrogen-bond donors (Lipinski definition) is 0. The van der Waals surface area contributed by atoms with Gasteiger partial charge in [-0.15, -0.1) is 0 Å². The van der Waals surface area contributed by atoms with E-state index in [1.807, 2.05) is 147 Å². The van der Waals surface area contributed by atoms with Gasteiger partial charge in [0.1, 0.15) is 11.5 Å². The zero-order chi connectivity index (χ0) is 32.9. The molecule has 2 unspecified atom stereocenters. The molecule has 0 aromatic heterocycles. The molecule has 2 heterocycles. The van der Waals surface area contributed by atoms with Crippen molar-refractivity contribution in [2.45, 2.75) is 13.8 Å². The molecule has 0 saturated heterocycles. The smallest absolute Gasteiger partial charge is 0.303 e. The molecule has 48 heavy (non-hydrogen) atoms. The number of hydrogen-bond acceptors (Lipinski definition) is 4. The SMILES string of the molecule is CC(=Cc1ccc(-c2ccc(C=C(C)P3(=O)Oc4ccccc4-c4ccccc43)cc2)cc1)P1(=O)Oc2ccccc2-c2ccccc21. The quantitative estimate of drug-likeness (QED) is 0.172. The summed E-state index contributed by atoms with van der Waals surface area (Å²) in [6.07, 6.45) is 3.91. The Hall–Kier alpha value is -5.14. The maximum absolute atomic E-state index is 14.4. The molecule has 0 radical (unpaired) electrons. The molecule has 2 aliphatic rings. The Kier molecular flexibility index (Phi) is 7.45. The third-order valence-corrected chi connectivity index (χ3v) is 14.2. The van der Waals surface area contributed by atoms with Crippen LogP contribution in [-0.2, 0) is 9.13 Å². The zero-order valence-electron chi connectivity index (χ0n) is 26.5. The van der Waals surface area contributed by atoms with Gasteiger partial charge in [-0.2, -0.15) is 0 Å². The lowest BCUT2D eigenvalue weighted by Crippen LogP contribution is -2.18. The average Bonchev–Trinajstić information content (AvgIpc) is 3.12. The molecule has 2 aliphatic heterocycles. The average molecular weight is 663 g/mol. The maximum atomic E-state index is 14.4. The van der Waals surface area contributed by atoms with Crippen LogP contribution >= 0.6 is 14.7 Å². The van der Waals surface area contributed by atoms with E-state index in [2.05, 4.69) is 24.3 Å². The number of benzene rings is 6. The predicted molar refractivity (Wildman–Crippen MR) is 199 cm³/mol. The van der Waals surface area contributed by atoms with Gasteiger partial charge in [0.15, 0.2) is 0 Å². The lowest BCUT2D eigenvalue weighted by molar-refractivity contribution is 0.497. The number of rotatable bonds is 5. The summed E-state index contributed by atoms with van der Waals surface area (Å²) in [5.41, 5.74) is 7.83. The summed E-state index contributed by atoms with van der Waals surface area (Å²) in [5, 5.41) is 2.84. The molecule has 0 fully saturated rings. The van der Waals surface area contributed by atoms with Crippen molar-refractivity contribution >= 4 is 37.5 Å². The van der Waals surface area contributed by atoms with Gasteiger partial charge in [0.05, 0.1) is 10.6 Å². The van der Waals surface area contributed by atoms with E-state index in [1.165, 1.54) is 0 Å². The lowest BCUT2D eigenvalue weighted by Gasteiger charge is -2.29. The topological polar surface area (TPSA) is 52.6 Å². The van der Waals surface area contributed by atoms with E-state index in [0.29, 0.717) is 22.1 Å². The van der Waals surface area contributed by atoms with Crippen LogP contribution in [0.5, 0.6) is 11.5 Å². The standard InChI is InChI=1S/C42H32O4P2/c1-29(47(43)41-17-9-5-13-37(41)35-11-3-7-15-39(35)45-47)27-31-19-23-33(24-20-31)34-25-21-32(22-26-34)28-30(2)48(44)42-18-10-6-14-38(42)36-12-4-8-16-40(36)46-48/h3-28H,1-2H3. The Balaban J connectivity index is 1.04. The van der Waals surface area contributed by atoms with Gasteiger partial charge < -0.3 is 9.05 Å². The van der Waals surface area contributed by atoms with Crippen molar-refractivity contribution < 1.29 is 18.2 Å². The second kappa shape index (κ2) is 11.8. The summed E-state index contributed by atoms with van der Waals surface area (Å²) in [6.45, 7) is 3.77. The molecule has 6 heteroatoms. The maximum Gasteiger partial charge on any atom is 0.303 e. The van der Waals surface area contributed by atoms with Crippen LogP contribution in [-0.4, -0.2) is 0 Å². The van der Waals surface area contributed by atoms with Crippen LogP contribution in [0.3, 0.4) is 0 Å². The molecule has 4 nitrogen and oxygen atoms in total. The minimum Gasteiger partial charge on any atom is -0.436 e. The Labute approximate surface area is 280 Å². The fraction of sp³-hybridized carbons (Fsp3) is 0.0476. The molecule has 234 valence electrons. The first-order chi connectivity index (χ1) is 23.3. The van der Waals surface area contributed by atoms with Crippen LogP contribution < -0.4 is 19.7 Å². The second-order valence-corrected chi connectivity index (χ2v) is 17.1. The van der Waals surface area contributed by atoms with Crippen LogP contribution in [0.2, 0.25) is 0 Å². The highest BCUT2D eigenvalue weighted by Gasteiger charge is 2.38. The lowest BCUT2D eigenvalue weighted by atomic mass is 10.0. The van der Waals surface area contributed by atoms with E-state index in [1.54, 1.807) is 0 Å². The van der Waals surface area contributed by atoms with Crippen LogP contribution in [0.15, 0.2) is 156 Å². The first-order valence-electron chi connectivity index (χ1n) is 15.9. The fourth-order valence-electron chi connectivity index (χ4n) is 6.55. The minimum atomic E-state index is -3.30. The Morgan fingerprint density at radius 2 is 0.771 bits per heavy atom. The van der Waals surface area contributed by atoms with Gasteiger partial charge in [-0.05, 0) is 83.6 Å². The normalized spacial score (nSPS) is 19.5. The Bertz CT molecular complexity index is 2200. The molecule has 6 aromatic rings. The van der Waals surface area contributed by atoms with Gasteiger partial charge in [0, 0.05) is 21.8 Å². The highest BCUT2D eigenvalue weighted by atomic mass is 31.2. The molecule has 0 amide bonds. The molecule has 8 rings (SSSR count). The van der Waals surface area contributed by atoms with Crippen LogP contribution in [0.1, 0.15) is 25.0 Å². The van der Waals surface area contributed by atoms with Crippen molar-refractivity contribution in [1.29, 1.82) is 0 Å². The van der Waals surface area contributed by atoms with Crippen molar-refractivity contribution in [3.05, 3.63) is 167 Å². The molecule has 0 saturated carbocycles. The van der Waals surface area contributed by atoms with Crippen molar-refractivity contribution in [3.8, 4) is 44.9 Å². The highest BCUT2D eigenvalue weighted by molar-refractivity contribution is 7.72. The number of allylic oxidation sites excluding steroid dienone is 2. The summed E-state index contributed by atoms with van der Waals surface area (Å²) < 4.78 is 41.4. The van der Waals surface area contributed by atoms with Gasteiger partial charge >= 0.3 is 14.7 Å². The highest BCUT2D eigenvalue weighted by Crippen LogP contribution is 2.61. The van der Waals surface area contributed by atoms with Crippen LogP contribution in [0.25, 0.3) is 45.5 Å². The van der Waals surface area contributed by atoms with Gasteiger partial charge in [0.25, 0.3) is 0 Å². The van der Waals surface area contributed by atoms with Crippen molar-refractivity contribution in [1.82, 2.24) is 0 Å². The molecule has 0 aliphatic carbocycles. The first kappa shape index (κ1) is 30.2. The summed E-state index contributed by atoms with van der Waals surface area (Å²) >= 11 is 0. The fourth-order valence-corrected chi connectivity index (χ4v) is 10.9. The summed E-state index contributed by atoms with van der Waals surface area (Å²) in [4.78, 5) is 0. The van der Waals surface area contributed by atoms with E-state index >= 15 is 0 Å². The Morgan fingerprint density at radius 3 is 1.17 bits per heavy atom. The monoisotopic (exact) mass is 662 g/mol. The zero-order valence-corrected chi connectivity index (χ0v) is 28.3. The van der Waals surface area contributed by atoms with Gasteiger partial charge in [0.2, 0.25) is 0 Å². The van der Waals surface area contributed by atoms with E-state index < -0.39 is 14.7 Å². The van der Waals surface area contributed by atoms with E-state index in [9.17, 15) is 9.13 Å². The van der Waals surface area contributed by atoms with E-state index in [0.717, 1.165) is 55.1 Å². The third kappa shape index (κ3) is 5.10. The molecule has 6 aromatic carbocycles. The van der Waals surface area contributed by atoms with E-state index in [-0.39, 0.29) is 0 Å². The van der Waals surface area contributed by atoms with Gasteiger partial charge in [-0.25, -0.2) is 0 Å². The van der Waals surface area contributed by atoms with Crippen LogP contribution in [0.4, 0.5) is 0 Å². The largest absolute Gasteiger partial charge is 0.436 e. The minimum absolute atomic E-state index is 0.643. The second-order valence-electron chi connectivity index (χ2n) is 12.1. The predicted octanol–water partition coefficient (Wildman–Crippen LogP) is 11.4. The molecule has 0 bridgehead atoms. The van der Waals surface area contributed by atoms with Crippen molar-refractivity contribution in [2.24, 2.45) is 0 Å². The van der Waals surface area contributed by atoms with Gasteiger partial charge in [-0.1, -0.05) is 121 Å². The van der Waals surface area contributed by atoms with Crippen LogP contribution in [0, 0.1) is 0 Å². The molecular weight excluding hydrogens is 630 g/mol. The molecular formula is C42H32O4P2. The summed E-state index contributed by atoms with van der Waals surface area (Å²) in [5.74, 6) is 1.29. The van der Waals surface area contributed by atoms with Crippen molar-refractivity contribution in [3.63, 3.8) is 0 Å². The van der Waals surface area contributed by atoms with E-state index in [4.69, 9.17) is 9.05 Å². The molecule has 2 atom stereocenters. The third-order valence-electron chi connectivity index (χ3n) is 9.09. The first-order valence-corrected chi connectivity index (χ1v) is 19.1. The van der Waals surface area contributed by atoms with Gasteiger partial charge in [-0.3, -0.25) is 9.13 Å².